The minimum absolute atomic E-state index is 0.201. The molecule has 4 rings (SSSR count). The third-order valence-corrected chi connectivity index (χ3v) is 6.88. The minimum atomic E-state index is -5.16. The van der Waals surface area contributed by atoms with Crippen molar-refractivity contribution < 1.29 is 27.6 Å². The molecule has 2 N–H and O–H groups in total. The summed E-state index contributed by atoms with van der Waals surface area (Å²) < 4.78 is 40.5. The molecule has 1 aliphatic carbocycles. The van der Waals surface area contributed by atoms with Gasteiger partial charge >= 0.3 is 12.1 Å². The van der Waals surface area contributed by atoms with E-state index in [1.165, 1.54) is 11.1 Å². The molecule has 2 aromatic heterocycles. The lowest BCUT2D eigenvalue weighted by atomic mass is 9.85. The normalized spacial score (nSPS) is 20.6. The van der Waals surface area contributed by atoms with Gasteiger partial charge in [0.05, 0.1) is 17.8 Å². The fourth-order valence-electron chi connectivity index (χ4n) is 4.68. The van der Waals surface area contributed by atoms with Gasteiger partial charge in [-0.1, -0.05) is 26.8 Å². The zero-order valence-corrected chi connectivity index (χ0v) is 20.1. The van der Waals surface area contributed by atoms with Crippen molar-refractivity contribution in [2.24, 2.45) is 10.8 Å². The van der Waals surface area contributed by atoms with Gasteiger partial charge in [-0.2, -0.15) is 23.5 Å². The predicted molar refractivity (Wildman–Crippen MR) is 121 cm³/mol. The number of amides is 3. The lowest BCUT2D eigenvalue weighted by Gasteiger charge is -2.35. The summed E-state index contributed by atoms with van der Waals surface area (Å²) in [6.45, 7) is 4.83. The number of alkyl halides is 3. The molecule has 0 aromatic carbocycles. The van der Waals surface area contributed by atoms with Gasteiger partial charge in [-0.3, -0.25) is 14.4 Å². The Morgan fingerprint density at radius 2 is 1.89 bits per heavy atom. The summed E-state index contributed by atoms with van der Waals surface area (Å²) in [6.07, 6.45) is -0.0765. The SMILES string of the molecule is CC(C)(C)[C@H](NC(=O)C(F)(F)F)C(=O)N1CC2(CC2)C[C@H]1C(=O)NC(C#N)c1cnn2ccccc12. The Balaban J connectivity index is 1.58. The highest BCUT2D eigenvalue weighted by Crippen LogP contribution is 2.55. The Kier molecular flexibility index (Phi) is 6.22. The third kappa shape index (κ3) is 4.87. The number of nitrogens with one attached hydrogen (secondary N) is 2. The van der Waals surface area contributed by atoms with Crippen molar-refractivity contribution in [1.29, 1.82) is 5.26 Å². The van der Waals surface area contributed by atoms with Crippen molar-refractivity contribution in [2.45, 2.75) is 64.3 Å². The van der Waals surface area contributed by atoms with Crippen molar-refractivity contribution in [3.05, 3.63) is 36.2 Å². The van der Waals surface area contributed by atoms with E-state index in [2.05, 4.69) is 16.5 Å². The molecule has 36 heavy (non-hydrogen) atoms. The number of carbonyl (C=O) groups is 3. The fourth-order valence-corrected chi connectivity index (χ4v) is 4.68. The molecular weight excluding hydrogens is 477 g/mol. The first kappa shape index (κ1) is 25.5. The minimum Gasteiger partial charge on any atom is -0.336 e. The second-order valence-corrected chi connectivity index (χ2v) is 10.7. The molecule has 3 amide bonds. The van der Waals surface area contributed by atoms with Gasteiger partial charge in [0.15, 0.2) is 0 Å². The van der Waals surface area contributed by atoms with E-state index in [1.54, 1.807) is 49.7 Å². The van der Waals surface area contributed by atoms with Gasteiger partial charge in [-0.15, -0.1) is 0 Å². The van der Waals surface area contributed by atoms with Crippen LogP contribution in [0, 0.1) is 22.2 Å². The largest absolute Gasteiger partial charge is 0.471 e. The molecule has 192 valence electrons. The number of carbonyl (C=O) groups excluding carboxylic acids is 3. The smallest absolute Gasteiger partial charge is 0.336 e. The van der Waals surface area contributed by atoms with Gasteiger partial charge in [-0.25, -0.2) is 4.52 Å². The van der Waals surface area contributed by atoms with Crippen molar-refractivity contribution in [1.82, 2.24) is 25.1 Å². The van der Waals surface area contributed by atoms with Crippen molar-refractivity contribution >= 4 is 23.2 Å². The van der Waals surface area contributed by atoms with E-state index in [0.29, 0.717) is 17.5 Å². The molecule has 1 spiro atoms. The van der Waals surface area contributed by atoms with Gasteiger partial charge in [0, 0.05) is 18.3 Å². The number of nitrogens with zero attached hydrogens (tertiary/aromatic N) is 4. The van der Waals surface area contributed by atoms with Crippen LogP contribution in [0.3, 0.4) is 0 Å². The van der Waals surface area contributed by atoms with E-state index in [4.69, 9.17) is 0 Å². The Labute approximate surface area is 205 Å². The Morgan fingerprint density at radius 3 is 2.47 bits per heavy atom. The van der Waals surface area contributed by atoms with E-state index < -0.39 is 47.4 Å². The molecule has 2 fully saturated rings. The molecular formula is C24H27F3N6O3. The number of pyridine rings is 1. The van der Waals surface area contributed by atoms with Crippen LogP contribution in [0.25, 0.3) is 5.52 Å². The van der Waals surface area contributed by atoms with Gasteiger partial charge in [0.1, 0.15) is 18.1 Å². The highest BCUT2D eigenvalue weighted by atomic mass is 19.4. The molecule has 1 aliphatic heterocycles. The summed E-state index contributed by atoms with van der Waals surface area (Å²) in [5, 5.41) is 18.5. The number of likely N-dealkylation sites (tertiary alicyclic amines) is 1. The van der Waals surface area contributed by atoms with Crippen LogP contribution >= 0.6 is 0 Å². The summed E-state index contributed by atoms with van der Waals surface area (Å²) in [5.74, 6) is -3.55. The quantitative estimate of drug-likeness (QED) is 0.649. The van der Waals surface area contributed by atoms with E-state index >= 15 is 0 Å². The van der Waals surface area contributed by atoms with Gasteiger partial charge < -0.3 is 15.5 Å². The molecule has 2 aromatic rings. The number of rotatable bonds is 5. The molecule has 2 aliphatic rings. The lowest BCUT2D eigenvalue weighted by Crippen LogP contribution is -2.59. The standard InChI is InChI=1S/C24H27F3N6O3/c1-22(2,3)18(31-21(36)24(25,26)27)20(35)32-13-23(7-8-23)10-17(32)19(34)30-15(11-28)14-12-29-33-9-5-4-6-16(14)33/h4-6,9,12,15,17-18H,7-8,10,13H2,1-3H3,(H,30,34)(H,31,36)/t15?,17-,18+/m0/s1. The second-order valence-electron chi connectivity index (χ2n) is 10.7. The monoisotopic (exact) mass is 504 g/mol. The van der Waals surface area contributed by atoms with Crippen LogP contribution in [0.2, 0.25) is 0 Å². The number of aromatic nitrogens is 2. The molecule has 9 nitrogen and oxygen atoms in total. The topological polar surface area (TPSA) is 120 Å². The number of nitriles is 1. The number of fused-ring (bicyclic) bond motifs is 1. The average Bonchev–Trinajstić information content (AvgIpc) is 3.24. The van der Waals surface area contributed by atoms with Crippen LogP contribution in [-0.2, 0) is 14.4 Å². The fraction of sp³-hybridized carbons (Fsp3) is 0.542. The lowest BCUT2D eigenvalue weighted by molar-refractivity contribution is -0.176. The van der Waals surface area contributed by atoms with E-state index in [0.717, 1.165) is 12.8 Å². The number of hydrogen-bond acceptors (Lipinski definition) is 5. The van der Waals surface area contributed by atoms with E-state index in [-0.39, 0.29) is 12.0 Å². The van der Waals surface area contributed by atoms with Crippen molar-refractivity contribution in [3.8, 4) is 6.07 Å². The van der Waals surface area contributed by atoms with Crippen LogP contribution in [-0.4, -0.2) is 57.0 Å². The first-order valence-corrected chi connectivity index (χ1v) is 11.6. The zero-order chi connectivity index (χ0) is 26.5. The predicted octanol–water partition coefficient (Wildman–Crippen LogP) is 2.49. The molecule has 1 saturated heterocycles. The summed E-state index contributed by atoms with van der Waals surface area (Å²) in [7, 11) is 0. The maximum absolute atomic E-state index is 13.5. The van der Waals surface area contributed by atoms with Crippen molar-refractivity contribution in [3.63, 3.8) is 0 Å². The summed E-state index contributed by atoms with van der Waals surface area (Å²) >= 11 is 0. The van der Waals surface area contributed by atoms with Crippen LogP contribution in [0.15, 0.2) is 30.6 Å². The Bertz CT molecular complexity index is 1240. The van der Waals surface area contributed by atoms with Crippen LogP contribution < -0.4 is 10.6 Å². The van der Waals surface area contributed by atoms with E-state index in [1.807, 2.05) is 5.32 Å². The molecule has 12 heteroatoms. The third-order valence-electron chi connectivity index (χ3n) is 6.88. The first-order valence-electron chi connectivity index (χ1n) is 11.6. The molecule has 1 saturated carbocycles. The van der Waals surface area contributed by atoms with Crippen LogP contribution in [0.1, 0.15) is 51.6 Å². The molecule has 0 radical (unpaired) electrons. The van der Waals surface area contributed by atoms with Crippen LogP contribution in [0.5, 0.6) is 0 Å². The van der Waals surface area contributed by atoms with Gasteiger partial charge in [0.25, 0.3) is 0 Å². The van der Waals surface area contributed by atoms with Gasteiger partial charge in [0.2, 0.25) is 11.8 Å². The first-order chi connectivity index (χ1) is 16.8. The highest BCUT2D eigenvalue weighted by Gasteiger charge is 2.57. The maximum atomic E-state index is 13.5. The van der Waals surface area contributed by atoms with Crippen molar-refractivity contribution in [2.75, 3.05) is 6.54 Å². The van der Waals surface area contributed by atoms with E-state index in [9.17, 15) is 32.8 Å². The average molecular weight is 505 g/mol. The summed E-state index contributed by atoms with van der Waals surface area (Å²) in [4.78, 5) is 39.9. The molecule has 3 heterocycles. The molecule has 3 atom stereocenters. The maximum Gasteiger partial charge on any atom is 0.471 e. The van der Waals surface area contributed by atoms with Crippen LogP contribution in [0.4, 0.5) is 13.2 Å². The number of halogens is 3. The number of hydrogen-bond donors (Lipinski definition) is 2. The molecule has 1 unspecified atom stereocenters. The summed E-state index contributed by atoms with van der Waals surface area (Å²) in [6, 6.07) is 3.81. The second kappa shape index (κ2) is 8.80. The van der Waals surface area contributed by atoms with Gasteiger partial charge in [-0.05, 0) is 42.2 Å². The molecule has 0 bridgehead atoms. The Morgan fingerprint density at radius 1 is 1.19 bits per heavy atom. The highest BCUT2D eigenvalue weighted by molar-refractivity contribution is 5.94. The Hall–Kier alpha value is -3.62. The summed E-state index contributed by atoms with van der Waals surface area (Å²) in [5.41, 5.74) is -0.218. The zero-order valence-electron chi connectivity index (χ0n) is 20.1.